The van der Waals surface area contributed by atoms with Gasteiger partial charge in [-0.15, -0.1) is 0 Å². The highest BCUT2D eigenvalue weighted by atomic mass is 35.5. The van der Waals surface area contributed by atoms with Crippen molar-refractivity contribution in [2.24, 2.45) is 5.92 Å². The molecule has 0 spiro atoms. The van der Waals surface area contributed by atoms with Gasteiger partial charge >= 0.3 is 11.9 Å². The average molecular weight is 508 g/mol. The van der Waals surface area contributed by atoms with Gasteiger partial charge in [-0.3, -0.25) is 19.3 Å². The molecule has 0 radical (unpaired) electrons. The predicted molar refractivity (Wildman–Crippen MR) is 136 cm³/mol. The van der Waals surface area contributed by atoms with E-state index in [4.69, 9.17) is 16.3 Å². The first-order chi connectivity index (χ1) is 17.2. The number of ether oxygens (including phenoxy) is 1. The first-order valence-electron chi connectivity index (χ1n) is 11.5. The second-order valence-electron chi connectivity index (χ2n) is 8.94. The van der Waals surface area contributed by atoms with Crippen LogP contribution in [-0.2, 0) is 15.1 Å². The van der Waals surface area contributed by atoms with Crippen LogP contribution >= 0.6 is 11.6 Å². The van der Waals surface area contributed by atoms with Crippen LogP contribution in [0.1, 0.15) is 47.2 Å². The Kier molecular flexibility index (Phi) is 7.04. The van der Waals surface area contributed by atoms with Gasteiger partial charge in [-0.25, -0.2) is 0 Å². The standard InChI is InChI=1S/C28H26ClNO6/c1-28(18-6-4-3-5-7-18)25(21(27(34)35)13-15-24(31)32)22-16-20(36-2)12-14-23(22)30(28)26(33)17-8-10-19(29)11-9-17/h3-12,14,16,21,25H,13,15H2,1-2H3,(H,31,32)(H,34,35). The molecule has 4 rings (SSSR count). The SMILES string of the molecule is COc1ccc2c(c1)C(C(CCC(=O)O)C(=O)O)C(C)(c1ccccc1)N2C(=O)c1ccc(Cl)cc1. The lowest BCUT2D eigenvalue weighted by Crippen LogP contribution is -2.49. The number of carbonyl (C=O) groups excluding carboxylic acids is 1. The average Bonchev–Trinajstić information content (AvgIpc) is 3.13. The van der Waals surface area contributed by atoms with Crippen molar-refractivity contribution in [1.82, 2.24) is 0 Å². The van der Waals surface area contributed by atoms with Gasteiger partial charge < -0.3 is 14.9 Å². The van der Waals surface area contributed by atoms with E-state index >= 15 is 0 Å². The Bertz CT molecular complexity index is 1290. The molecule has 0 bridgehead atoms. The van der Waals surface area contributed by atoms with E-state index in [1.54, 1.807) is 47.4 Å². The van der Waals surface area contributed by atoms with Crippen molar-refractivity contribution in [3.63, 3.8) is 0 Å². The fourth-order valence-corrected chi connectivity index (χ4v) is 5.38. The summed E-state index contributed by atoms with van der Waals surface area (Å²) in [7, 11) is 1.51. The van der Waals surface area contributed by atoms with Crippen molar-refractivity contribution >= 4 is 35.1 Å². The number of fused-ring (bicyclic) bond motifs is 1. The molecule has 2 N–H and O–H groups in total. The lowest BCUT2D eigenvalue weighted by atomic mass is 9.70. The summed E-state index contributed by atoms with van der Waals surface area (Å²) in [5.74, 6) is -3.86. The number of nitrogens with zero attached hydrogens (tertiary/aromatic N) is 1. The number of rotatable bonds is 8. The molecule has 0 saturated carbocycles. The molecule has 3 atom stereocenters. The van der Waals surface area contributed by atoms with Crippen LogP contribution in [0.15, 0.2) is 72.8 Å². The minimum atomic E-state index is -1.14. The van der Waals surface area contributed by atoms with Gasteiger partial charge in [-0.1, -0.05) is 41.9 Å². The van der Waals surface area contributed by atoms with E-state index in [0.29, 0.717) is 27.6 Å². The van der Waals surface area contributed by atoms with Crippen molar-refractivity contribution in [1.29, 1.82) is 0 Å². The number of carboxylic acid groups (broad SMARTS) is 2. The summed E-state index contributed by atoms with van der Waals surface area (Å²) in [6.07, 6.45) is -0.417. The number of hydrogen-bond donors (Lipinski definition) is 2. The highest BCUT2D eigenvalue weighted by molar-refractivity contribution is 6.30. The predicted octanol–water partition coefficient (Wildman–Crippen LogP) is 5.57. The third-order valence-corrected chi connectivity index (χ3v) is 7.17. The van der Waals surface area contributed by atoms with Crippen LogP contribution in [0.2, 0.25) is 5.02 Å². The van der Waals surface area contributed by atoms with Gasteiger partial charge in [0.2, 0.25) is 0 Å². The molecular weight excluding hydrogens is 482 g/mol. The summed E-state index contributed by atoms with van der Waals surface area (Å²) in [4.78, 5) is 39.7. The number of carbonyl (C=O) groups is 3. The van der Waals surface area contributed by atoms with Crippen molar-refractivity contribution < 1.29 is 29.3 Å². The smallest absolute Gasteiger partial charge is 0.307 e. The van der Waals surface area contributed by atoms with Crippen LogP contribution in [0.4, 0.5) is 5.69 Å². The largest absolute Gasteiger partial charge is 0.497 e. The number of amides is 1. The molecule has 3 unspecified atom stereocenters. The molecule has 8 heteroatoms. The van der Waals surface area contributed by atoms with Crippen molar-refractivity contribution in [3.05, 3.63) is 94.5 Å². The van der Waals surface area contributed by atoms with Crippen molar-refractivity contribution in [2.45, 2.75) is 31.2 Å². The van der Waals surface area contributed by atoms with Crippen LogP contribution in [0.5, 0.6) is 5.75 Å². The molecule has 1 heterocycles. The normalized spacial score (nSPS) is 19.4. The summed E-state index contributed by atoms with van der Waals surface area (Å²) in [6, 6.07) is 21.0. The van der Waals surface area contributed by atoms with E-state index in [1.165, 1.54) is 7.11 Å². The molecule has 186 valence electrons. The van der Waals surface area contributed by atoms with E-state index in [9.17, 15) is 24.6 Å². The summed E-state index contributed by atoms with van der Waals surface area (Å²) < 4.78 is 5.43. The molecule has 0 fully saturated rings. The maximum absolute atomic E-state index is 14.1. The summed E-state index contributed by atoms with van der Waals surface area (Å²) in [5.41, 5.74) is 1.14. The zero-order chi connectivity index (χ0) is 26.0. The van der Waals surface area contributed by atoms with Gasteiger partial charge in [-0.2, -0.15) is 0 Å². The summed E-state index contributed by atoms with van der Waals surface area (Å²) >= 11 is 6.05. The molecule has 0 aromatic heterocycles. The highest BCUT2D eigenvalue weighted by Gasteiger charge is 2.56. The van der Waals surface area contributed by atoms with Crippen LogP contribution in [-0.4, -0.2) is 35.2 Å². The van der Waals surface area contributed by atoms with Gasteiger partial charge in [-0.05, 0) is 66.9 Å². The Balaban J connectivity index is 1.99. The van der Waals surface area contributed by atoms with E-state index in [1.807, 2.05) is 37.3 Å². The zero-order valence-electron chi connectivity index (χ0n) is 19.8. The monoisotopic (exact) mass is 507 g/mol. The van der Waals surface area contributed by atoms with Crippen molar-refractivity contribution in [3.8, 4) is 5.75 Å². The van der Waals surface area contributed by atoms with Crippen LogP contribution in [0.25, 0.3) is 0 Å². The van der Waals surface area contributed by atoms with Gasteiger partial charge in [0, 0.05) is 28.6 Å². The molecule has 1 amide bonds. The van der Waals surface area contributed by atoms with Crippen LogP contribution < -0.4 is 9.64 Å². The maximum Gasteiger partial charge on any atom is 0.307 e. The Labute approximate surface area is 213 Å². The third kappa shape index (κ3) is 4.42. The molecular formula is C28H26ClNO6. The first kappa shape index (κ1) is 25.3. The minimum absolute atomic E-state index is 0.0998. The van der Waals surface area contributed by atoms with Crippen LogP contribution in [0.3, 0.4) is 0 Å². The topological polar surface area (TPSA) is 104 Å². The van der Waals surface area contributed by atoms with E-state index in [0.717, 1.165) is 5.56 Å². The van der Waals surface area contributed by atoms with Crippen LogP contribution in [0, 0.1) is 5.92 Å². The van der Waals surface area contributed by atoms with Gasteiger partial charge in [0.05, 0.1) is 18.6 Å². The molecule has 7 nitrogen and oxygen atoms in total. The Hall–Kier alpha value is -3.84. The second-order valence-corrected chi connectivity index (χ2v) is 9.38. The number of aliphatic carboxylic acids is 2. The molecule has 1 aliphatic heterocycles. The molecule has 0 aliphatic carbocycles. The van der Waals surface area contributed by atoms with E-state index in [2.05, 4.69) is 0 Å². The molecule has 0 saturated heterocycles. The van der Waals surface area contributed by atoms with Crippen molar-refractivity contribution in [2.75, 3.05) is 12.0 Å². The summed E-state index contributed by atoms with van der Waals surface area (Å²) in [5, 5.41) is 20.1. The minimum Gasteiger partial charge on any atom is -0.497 e. The second kappa shape index (κ2) is 10.0. The quantitative estimate of drug-likeness (QED) is 0.413. The van der Waals surface area contributed by atoms with E-state index in [-0.39, 0.29) is 18.7 Å². The van der Waals surface area contributed by atoms with Gasteiger partial charge in [0.25, 0.3) is 5.91 Å². The lowest BCUT2D eigenvalue weighted by Gasteiger charge is -2.42. The highest BCUT2D eigenvalue weighted by Crippen LogP contribution is 2.58. The van der Waals surface area contributed by atoms with Gasteiger partial charge in [0.1, 0.15) is 5.75 Å². The number of halogens is 1. The van der Waals surface area contributed by atoms with Gasteiger partial charge in [0.15, 0.2) is 0 Å². The zero-order valence-corrected chi connectivity index (χ0v) is 20.6. The Morgan fingerprint density at radius 1 is 1.03 bits per heavy atom. The third-order valence-electron chi connectivity index (χ3n) is 6.92. The maximum atomic E-state index is 14.1. The first-order valence-corrected chi connectivity index (χ1v) is 11.8. The number of benzene rings is 3. The fraction of sp³-hybridized carbons (Fsp3) is 0.250. The molecule has 3 aromatic rings. The fourth-order valence-electron chi connectivity index (χ4n) is 5.25. The van der Waals surface area contributed by atoms with E-state index < -0.39 is 29.3 Å². The number of carboxylic acids is 2. The Morgan fingerprint density at radius 3 is 2.28 bits per heavy atom. The lowest BCUT2D eigenvalue weighted by molar-refractivity contribution is -0.144. The molecule has 3 aromatic carbocycles. The number of methoxy groups -OCH3 is 1. The summed E-state index contributed by atoms with van der Waals surface area (Å²) in [6.45, 7) is 1.84. The molecule has 1 aliphatic rings. The molecule has 36 heavy (non-hydrogen) atoms. The number of hydrogen-bond acceptors (Lipinski definition) is 4. The number of anilines is 1. The Morgan fingerprint density at radius 2 is 1.69 bits per heavy atom.